The van der Waals surface area contributed by atoms with Crippen LogP contribution in [0.25, 0.3) is 0 Å². The minimum atomic E-state index is 0. The SMILES string of the molecule is N.N.N.N.N.N.N.N.N.N.N.NC1CCCCC1. The van der Waals surface area contributed by atoms with Gasteiger partial charge in [-0.1, -0.05) is 19.3 Å². The molecule has 0 spiro atoms. The molecule has 1 rings (SSSR count). The lowest BCUT2D eigenvalue weighted by Gasteiger charge is -2.15. The van der Waals surface area contributed by atoms with E-state index in [1.807, 2.05) is 0 Å². The van der Waals surface area contributed by atoms with Crippen LogP contribution in [0.5, 0.6) is 0 Å². The summed E-state index contributed by atoms with van der Waals surface area (Å²) in [7, 11) is 0. The van der Waals surface area contributed by atoms with Crippen LogP contribution < -0.4 is 73.4 Å². The number of rotatable bonds is 0. The van der Waals surface area contributed by atoms with E-state index in [1.165, 1.54) is 32.1 Å². The largest absolute Gasteiger partial charge is 0.344 e. The summed E-state index contributed by atoms with van der Waals surface area (Å²) in [5, 5.41) is 0. The second kappa shape index (κ2) is 70.4. The summed E-state index contributed by atoms with van der Waals surface area (Å²) in [6, 6.07) is 0.536. The van der Waals surface area contributed by atoms with Gasteiger partial charge in [0, 0.05) is 6.04 Å². The second-order valence-electron chi connectivity index (χ2n) is 2.40. The molecule has 0 aliphatic heterocycles. The Morgan fingerprint density at radius 1 is 0.444 bits per heavy atom. The summed E-state index contributed by atoms with van der Waals surface area (Å²) in [5.41, 5.74) is 5.63. The van der Waals surface area contributed by atoms with E-state index in [2.05, 4.69) is 0 Å². The lowest BCUT2D eigenvalue weighted by atomic mass is 9.97. The summed E-state index contributed by atoms with van der Waals surface area (Å²) in [5.74, 6) is 0. The van der Waals surface area contributed by atoms with Crippen LogP contribution in [0.15, 0.2) is 0 Å². The Bertz CT molecular complexity index is 58.5. The summed E-state index contributed by atoms with van der Waals surface area (Å²) in [6.45, 7) is 0. The normalized spacial score (nSPS) is 9.83. The van der Waals surface area contributed by atoms with E-state index in [0.29, 0.717) is 6.04 Å². The van der Waals surface area contributed by atoms with Crippen LogP contribution in [0.4, 0.5) is 0 Å². The second-order valence-corrected chi connectivity index (χ2v) is 2.40. The Morgan fingerprint density at radius 3 is 0.778 bits per heavy atom. The molecule has 1 aliphatic carbocycles. The maximum absolute atomic E-state index is 5.63. The predicted octanol–water partition coefficient (Wildman–Crippen LogP) is 3.06. The number of nitrogens with two attached hydrogens (primary N) is 1. The first-order valence-corrected chi connectivity index (χ1v) is 3.15. The zero-order valence-electron chi connectivity index (χ0n) is 12.5. The van der Waals surface area contributed by atoms with Gasteiger partial charge in [0.2, 0.25) is 0 Å². The lowest BCUT2D eigenvalue weighted by Crippen LogP contribution is -2.22. The minimum Gasteiger partial charge on any atom is -0.344 e. The van der Waals surface area contributed by atoms with Gasteiger partial charge in [0.05, 0.1) is 0 Å². The molecule has 0 unspecified atom stereocenters. The Kier molecular flexibility index (Phi) is 440. The highest BCUT2D eigenvalue weighted by atomic mass is 14.6. The first-order chi connectivity index (χ1) is 3.39. The van der Waals surface area contributed by atoms with Gasteiger partial charge < -0.3 is 73.4 Å². The van der Waals surface area contributed by atoms with Crippen molar-refractivity contribution < 1.29 is 0 Å². The molecule has 35 N–H and O–H groups in total. The highest BCUT2D eigenvalue weighted by molar-refractivity contribution is 4.66. The van der Waals surface area contributed by atoms with Crippen molar-refractivity contribution in [2.45, 2.75) is 38.1 Å². The summed E-state index contributed by atoms with van der Waals surface area (Å²) in [6.07, 6.45) is 6.66. The van der Waals surface area contributed by atoms with Crippen molar-refractivity contribution in [3.05, 3.63) is 0 Å². The Morgan fingerprint density at radius 2 is 0.667 bits per heavy atom. The van der Waals surface area contributed by atoms with E-state index in [9.17, 15) is 0 Å². The molecule has 0 saturated heterocycles. The van der Waals surface area contributed by atoms with Gasteiger partial charge in [-0.05, 0) is 12.8 Å². The molecular formula is C6H46N12. The van der Waals surface area contributed by atoms with Crippen molar-refractivity contribution in [1.29, 1.82) is 0 Å². The van der Waals surface area contributed by atoms with Crippen molar-refractivity contribution in [2.75, 3.05) is 0 Å². The third kappa shape index (κ3) is 57.9. The average molecular weight is 287 g/mol. The van der Waals surface area contributed by atoms with E-state index in [4.69, 9.17) is 5.73 Å². The summed E-state index contributed by atoms with van der Waals surface area (Å²) >= 11 is 0. The summed E-state index contributed by atoms with van der Waals surface area (Å²) < 4.78 is 0. The van der Waals surface area contributed by atoms with Gasteiger partial charge in [-0.15, -0.1) is 0 Å². The number of hydrogen-bond acceptors (Lipinski definition) is 12. The molecule has 0 amide bonds. The average Bonchev–Trinajstić information content (AvgIpc) is 1.69. The highest BCUT2D eigenvalue weighted by Crippen LogP contribution is 2.14. The fraction of sp³-hybridized carbons (Fsp3) is 1.00. The zero-order valence-corrected chi connectivity index (χ0v) is 12.5. The molecule has 130 valence electrons. The third-order valence-electron chi connectivity index (χ3n) is 1.65. The molecule has 0 heterocycles. The molecule has 1 fully saturated rings. The molecule has 12 heteroatoms. The maximum atomic E-state index is 5.63. The van der Waals surface area contributed by atoms with Gasteiger partial charge in [-0.25, -0.2) is 0 Å². The van der Waals surface area contributed by atoms with Gasteiger partial charge in [0.25, 0.3) is 0 Å². The van der Waals surface area contributed by atoms with Crippen molar-refractivity contribution in [2.24, 2.45) is 5.73 Å². The number of hydrogen-bond donors (Lipinski definition) is 12. The van der Waals surface area contributed by atoms with Gasteiger partial charge in [-0.2, -0.15) is 0 Å². The smallest absolute Gasteiger partial charge is 0.00388 e. The molecule has 12 nitrogen and oxygen atoms in total. The highest BCUT2D eigenvalue weighted by Gasteiger charge is 2.06. The van der Waals surface area contributed by atoms with Gasteiger partial charge in [0.1, 0.15) is 0 Å². The van der Waals surface area contributed by atoms with E-state index >= 15 is 0 Å². The predicted molar refractivity (Wildman–Crippen MR) is 86.3 cm³/mol. The molecular weight excluding hydrogens is 240 g/mol. The Labute approximate surface area is 112 Å². The first-order valence-electron chi connectivity index (χ1n) is 3.15. The van der Waals surface area contributed by atoms with E-state index in [-0.39, 0.29) is 67.7 Å². The molecule has 0 bridgehead atoms. The molecule has 0 radical (unpaired) electrons. The molecule has 0 aromatic heterocycles. The Hall–Kier alpha value is -0.480. The molecule has 1 saturated carbocycles. The van der Waals surface area contributed by atoms with Crippen LogP contribution >= 0.6 is 0 Å². The monoisotopic (exact) mass is 286 g/mol. The van der Waals surface area contributed by atoms with Crippen molar-refractivity contribution >= 4 is 0 Å². The topological polar surface area (TPSA) is 411 Å². The first kappa shape index (κ1) is 112. The minimum absolute atomic E-state index is 0. The van der Waals surface area contributed by atoms with Crippen LogP contribution in [-0.4, -0.2) is 6.04 Å². The maximum Gasteiger partial charge on any atom is 0.00388 e. The molecule has 18 heavy (non-hydrogen) atoms. The van der Waals surface area contributed by atoms with E-state index < -0.39 is 0 Å². The van der Waals surface area contributed by atoms with Crippen molar-refractivity contribution in [3.63, 3.8) is 0 Å². The molecule has 0 atom stereocenters. The van der Waals surface area contributed by atoms with Crippen LogP contribution in [0.1, 0.15) is 32.1 Å². The molecule has 0 aromatic carbocycles. The van der Waals surface area contributed by atoms with Gasteiger partial charge >= 0.3 is 0 Å². The van der Waals surface area contributed by atoms with Gasteiger partial charge in [-0.3, -0.25) is 0 Å². The molecule has 0 aromatic rings. The van der Waals surface area contributed by atoms with E-state index in [0.717, 1.165) is 0 Å². The molecule has 1 aliphatic rings. The van der Waals surface area contributed by atoms with Gasteiger partial charge in [0.15, 0.2) is 0 Å². The van der Waals surface area contributed by atoms with Crippen LogP contribution in [0, 0.1) is 0 Å². The summed E-state index contributed by atoms with van der Waals surface area (Å²) in [4.78, 5) is 0. The fourth-order valence-corrected chi connectivity index (χ4v) is 1.13. The Balaban J connectivity index is -0.00000000495. The van der Waals surface area contributed by atoms with E-state index in [1.54, 1.807) is 0 Å². The van der Waals surface area contributed by atoms with Crippen molar-refractivity contribution in [3.8, 4) is 0 Å². The fourth-order valence-electron chi connectivity index (χ4n) is 1.13. The quantitative estimate of drug-likeness (QED) is 0.305. The standard InChI is InChI=1S/C6H13N.11H3N/c7-6-4-2-1-3-5-6;;;;;;;;;;;/h6H,1-5,7H2;11*1H3. The van der Waals surface area contributed by atoms with Crippen LogP contribution in [0.2, 0.25) is 0 Å². The lowest BCUT2D eigenvalue weighted by molar-refractivity contribution is 0.441. The zero-order chi connectivity index (χ0) is 5.11. The van der Waals surface area contributed by atoms with Crippen molar-refractivity contribution in [1.82, 2.24) is 67.7 Å². The third-order valence-corrected chi connectivity index (χ3v) is 1.65. The van der Waals surface area contributed by atoms with Crippen LogP contribution in [0.3, 0.4) is 0 Å². The van der Waals surface area contributed by atoms with Crippen LogP contribution in [-0.2, 0) is 0 Å².